The maximum atomic E-state index is 12.7. The summed E-state index contributed by atoms with van der Waals surface area (Å²) < 4.78 is 12.1. The van der Waals surface area contributed by atoms with Gasteiger partial charge in [-0.1, -0.05) is 6.07 Å². The molecule has 0 saturated carbocycles. The van der Waals surface area contributed by atoms with Gasteiger partial charge in [0, 0.05) is 11.8 Å². The molecule has 144 valence electrons. The smallest absolute Gasteiger partial charge is 0.290 e. The Morgan fingerprint density at radius 2 is 2.04 bits per heavy atom. The first-order valence-electron chi connectivity index (χ1n) is 8.66. The van der Waals surface area contributed by atoms with Gasteiger partial charge in [0.1, 0.15) is 30.6 Å². The summed E-state index contributed by atoms with van der Waals surface area (Å²) in [5.74, 6) is 0.802. The van der Waals surface area contributed by atoms with Crippen LogP contribution in [0.5, 0.6) is 11.5 Å². The highest BCUT2D eigenvalue weighted by Gasteiger charge is 2.21. The summed E-state index contributed by atoms with van der Waals surface area (Å²) in [5, 5.41) is 9.02. The van der Waals surface area contributed by atoms with Crippen LogP contribution in [-0.2, 0) is 4.79 Å². The minimum atomic E-state index is -0.858. The van der Waals surface area contributed by atoms with Crippen molar-refractivity contribution < 1.29 is 14.3 Å². The molecular weight excluding hydrogens is 380 g/mol. The summed E-state index contributed by atoms with van der Waals surface area (Å²) in [5.41, 5.74) is 6.48. The number of nitrogens with two attached hydrogens (primary N) is 1. The zero-order valence-electron chi connectivity index (χ0n) is 15.0. The van der Waals surface area contributed by atoms with Gasteiger partial charge in [-0.3, -0.25) is 9.59 Å². The normalized spacial score (nSPS) is 13.8. The minimum absolute atomic E-state index is 0.0392. The van der Waals surface area contributed by atoms with E-state index in [9.17, 15) is 9.59 Å². The van der Waals surface area contributed by atoms with Crippen LogP contribution in [0.25, 0.3) is 10.6 Å². The lowest BCUT2D eigenvalue weighted by atomic mass is 10.2. The lowest BCUT2D eigenvalue weighted by Crippen LogP contribution is -2.34. The molecule has 0 saturated heterocycles. The SMILES string of the molecule is C[C@@H](C(=O)Nc1ccc2c(c1)OCCO2)n1nc(-c2cccs2)cc(N)c1=O. The Bertz CT molecular complexity index is 1080. The molecule has 0 radical (unpaired) electrons. The summed E-state index contributed by atoms with van der Waals surface area (Å²) in [6.45, 7) is 2.54. The van der Waals surface area contributed by atoms with Gasteiger partial charge in [0.2, 0.25) is 5.91 Å². The maximum absolute atomic E-state index is 12.7. The van der Waals surface area contributed by atoms with Crippen molar-refractivity contribution in [2.24, 2.45) is 0 Å². The topological polar surface area (TPSA) is 108 Å². The highest BCUT2D eigenvalue weighted by atomic mass is 32.1. The average Bonchev–Trinajstić information content (AvgIpc) is 3.24. The van der Waals surface area contributed by atoms with Crippen molar-refractivity contribution in [3.05, 3.63) is 52.1 Å². The summed E-state index contributed by atoms with van der Waals surface area (Å²) in [6.07, 6.45) is 0. The van der Waals surface area contributed by atoms with Gasteiger partial charge >= 0.3 is 0 Å². The van der Waals surface area contributed by atoms with Crippen molar-refractivity contribution in [1.82, 2.24) is 9.78 Å². The Morgan fingerprint density at radius 3 is 2.79 bits per heavy atom. The van der Waals surface area contributed by atoms with Crippen molar-refractivity contribution in [3.63, 3.8) is 0 Å². The van der Waals surface area contributed by atoms with Crippen LogP contribution in [0.15, 0.2) is 46.6 Å². The second-order valence-corrected chi connectivity index (χ2v) is 7.18. The fourth-order valence-corrected chi connectivity index (χ4v) is 3.50. The number of hydrogen-bond donors (Lipinski definition) is 2. The zero-order valence-corrected chi connectivity index (χ0v) is 15.9. The number of nitrogens with one attached hydrogen (secondary N) is 1. The fraction of sp³-hybridized carbons (Fsp3) is 0.211. The van der Waals surface area contributed by atoms with Crippen LogP contribution in [0.3, 0.4) is 0 Å². The first-order chi connectivity index (χ1) is 13.5. The molecule has 3 heterocycles. The van der Waals surface area contributed by atoms with E-state index in [1.54, 1.807) is 25.1 Å². The molecule has 3 aromatic rings. The first-order valence-corrected chi connectivity index (χ1v) is 9.54. The van der Waals surface area contributed by atoms with Crippen LogP contribution in [0.2, 0.25) is 0 Å². The number of carbonyl (C=O) groups is 1. The quantitative estimate of drug-likeness (QED) is 0.699. The fourth-order valence-electron chi connectivity index (χ4n) is 2.82. The number of ether oxygens (including phenoxy) is 2. The molecular formula is C19H18N4O4S. The molecule has 0 spiro atoms. The summed E-state index contributed by atoms with van der Waals surface area (Å²) in [4.78, 5) is 26.0. The highest BCUT2D eigenvalue weighted by Crippen LogP contribution is 2.32. The molecule has 4 rings (SSSR count). The summed E-state index contributed by atoms with van der Waals surface area (Å²) in [7, 11) is 0. The Balaban J connectivity index is 1.59. The van der Waals surface area contributed by atoms with E-state index in [-0.39, 0.29) is 5.69 Å². The van der Waals surface area contributed by atoms with Gasteiger partial charge in [0.05, 0.1) is 4.88 Å². The number of anilines is 2. The Hall–Kier alpha value is -3.33. The maximum Gasteiger partial charge on any atom is 0.290 e. The lowest BCUT2D eigenvalue weighted by Gasteiger charge is -2.20. The van der Waals surface area contributed by atoms with E-state index in [2.05, 4.69) is 10.4 Å². The van der Waals surface area contributed by atoms with Crippen molar-refractivity contribution in [2.45, 2.75) is 13.0 Å². The molecule has 1 aliphatic rings. The van der Waals surface area contributed by atoms with Gasteiger partial charge in [-0.2, -0.15) is 5.10 Å². The molecule has 28 heavy (non-hydrogen) atoms. The summed E-state index contributed by atoms with van der Waals surface area (Å²) >= 11 is 1.48. The second kappa shape index (κ2) is 7.35. The number of benzene rings is 1. The van der Waals surface area contributed by atoms with Crippen LogP contribution in [0.4, 0.5) is 11.4 Å². The molecule has 1 aliphatic heterocycles. The molecule has 0 unspecified atom stereocenters. The molecule has 3 N–H and O–H groups in total. The number of amides is 1. The number of nitrogens with zero attached hydrogens (tertiary/aromatic N) is 2. The van der Waals surface area contributed by atoms with Crippen LogP contribution in [0.1, 0.15) is 13.0 Å². The second-order valence-electron chi connectivity index (χ2n) is 6.24. The summed E-state index contributed by atoms with van der Waals surface area (Å²) in [6, 6.07) is 9.55. The molecule has 0 aliphatic carbocycles. The van der Waals surface area contributed by atoms with Gasteiger partial charge in [0.25, 0.3) is 5.56 Å². The molecule has 2 aromatic heterocycles. The number of nitrogen functional groups attached to an aromatic ring is 1. The van der Waals surface area contributed by atoms with Crippen molar-refractivity contribution >= 4 is 28.6 Å². The van der Waals surface area contributed by atoms with Crippen LogP contribution < -0.4 is 26.1 Å². The number of aromatic nitrogens is 2. The Kier molecular flexibility index (Phi) is 4.74. The van der Waals surface area contributed by atoms with Crippen molar-refractivity contribution in [2.75, 3.05) is 24.3 Å². The molecule has 9 heteroatoms. The largest absolute Gasteiger partial charge is 0.486 e. The number of rotatable bonds is 4. The Morgan fingerprint density at radius 1 is 1.25 bits per heavy atom. The number of carbonyl (C=O) groups excluding carboxylic acids is 1. The van der Waals surface area contributed by atoms with E-state index >= 15 is 0 Å². The predicted molar refractivity (Wildman–Crippen MR) is 107 cm³/mol. The van der Waals surface area contributed by atoms with Gasteiger partial charge in [0.15, 0.2) is 11.5 Å². The third-order valence-corrected chi connectivity index (χ3v) is 5.18. The first kappa shape index (κ1) is 18.1. The number of fused-ring (bicyclic) bond motifs is 1. The number of thiophene rings is 1. The third-order valence-electron chi connectivity index (χ3n) is 4.29. The third kappa shape index (κ3) is 3.44. The Labute approximate surface area is 164 Å². The molecule has 1 amide bonds. The predicted octanol–water partition coefficient (Wildman–Crippen LogP) is 2.52. The standard InChI is InChI=1S/C19H18N4O4S/c1-11(18(24)21-12-4-5-15-16(9-12)27-7-6-26-15)23-19(25)13(20)10-14(22-23)17-3-2-8-28-17/h2-5,8-11H,6-7,20H2,1H3,(H,21,24)/t11-/m0/s1. The number of hydrogen-bond acceptors (Lipinski definition) is 7. The zero-order chi connectivity index (χ0) is 19.7. The molecule has 8 nitrogen and oxygen atoms in total. The minimum Gasteiger partial charge on any atom is -0.486 e. The molecule has 0 fully saturated rings. The molecule has 1 atom stereocenters. The molecule has 1 aromatic carbocycles. The van der Waals surface area contributed by atoms with Crippen LogP contribution in [-0.4, -0.2) is 28.9 Å². The van der Waals surface area contributed by atoms with E-state index in [1.165, 1.54) is 17.4 Å². The monoisotopic (exact) mass is 398 g/mol. The van der Waals surface area contributed by atoms with E-state index < -0.39 is 17.5 Å². The van der Waals surface area contributed by atoms with Crippen LogP contribution in [0, 0.1) is 0 Å². The van der Waals surface area contributed by atoms with Gasteiger partial charge < -0.3 is 20.5 Å². The van der Waals surface area contributed by atoms with E-state index in [0.717, 1.165) is 9.56 Å². The van der Waals surface area contributed by atoms with Gasteiger partial charge in [-0.15, -0.1) is 11.3 Å². The van der Waals surface area contributed by atoms with Crippen molar-refractivity contribution in [3.8, 4) is 22.1 Å². The average molecular weight is 398 g/mol. The van der Waals surface area contributed by atoms with Crippen molar-refractivity contribution in [1.29, 1.82) is 0 Å². The van der Waals surface area contributed by atoms with Gasteiger partial charge in [-0.25, -0.2) is 4.68 Å². The highest BCUT2D eigenvalue weighted by molar-refractivity contribution is 7.13. The van der Waals surface area contributed by atoms with E-state index in [0.29, 0.717) is 36.1 Å². The van der Waals surface area contributed by atoms with E-state index in [4.69, 9.17) is 15.2 Å². The van der Waals surface area contributed by atoms with Gasteiger partial charge in [-0.05, 0) is 36.6 Å². The van der Waals surface area contributed by atoms with E-state index in [1.807, 2.05) is 17.5 Å². The molecule has 0 bridgehead atoms. The van der Waals surface area contributed by atoms with Crippen LogP contribution >= 0.6 is 11.3 Å². The lowest BCUT2D eigenvalue weighted by molar-refractivity contribution is -0.119.